The zero-order valence-electron chi connectivity index (χ0n) is 24.2. The first-order chi connectivity index (χ1) is 20.6. The van der Waals surface area contributed by atoms with Crippen LogP contribution in [0.2, 0.25) is 5.02 Å². The quantitative estimate of drug-likeness (QED) is 0.439. The molecule has 43 heavy (non-hydrogen) atoms. The van der Waals surface area contributed by atoms with Crippen LogP contribution in [0.1, 0.15) is 55.3 Å². The van der Waals surface area contributed by atoms with Crippen LogP contribution in [-0.4, -0.2) is 81.5 Å². The number of amides is 3. The number of nitrogens with one attached hydrogen (secondary N) is 1. The number of allylic oxidation sites excluding steroid dienone is 1. The molecule has 2 aliphatic heterocycles. The van der Waals surface area contributed by atoms with Crippen LogP contribution < -0.4 is 5.32 Å². The second-order valence-electron chi connectivity index (χ2n) is 12.0. The first-order valence-corrected chi connectivity index (χ1v) is 15.3. The number of rotatable bonds is 5. The highest BCUT2D eigenvalue weighted by Crippen LogP contribution is 2.45. The average molecular weight is 608 g/mol. The highest BCUT2D eigenvalue weighted by Gasteiger charge is 2.62. The summed E-state index contributed by atoms with van der Waals surface area (Å²) >= 11 is 6.02. The lowest BCUT2D eigenvalue weighted by Crippen LogP contribution is -2.56. The molecule has 3 N–H and O–H groups in total. The minimum atomic E-state index is -1.44. The fraction of sp³-hybridized carbons (Fsp3) is 0.455. The summed E-state index contributed by atoms with van der Waals surface area (Å²) in [6, 6.07) is 13.3. The topological polar surface area (TPSA) is 127 Å². The summed E-state index contributed by atoms with van der Waals surface area (Å²) in [7, 11) is 1.60. The second kappa shape index (κ2) is 12.9. The van der Waals surface area contributed by atoms with Gasteiger partial charge in [0.2, 0.25) is 11.8 Å². The molecule has 0 unspecified atom stereocenters. The average Bonchev–Trinajstić information content (AvgIpc) is 3.59. The highest BCUT2D eigenvalue weighted by atomic mass is 35.5. The number of halogens is 1. The van der Waals surface area contributed by atoms with Gasteiger partial charge in [-0.05, 0) is 61.1 Å². The summed E-state index contributed by atoms with van der Waals surface area (Å²) in [5, 5.41) is 24.5. The van der Waals surface area contributed by atoms with E-state index >= 15 is 0 Å². The van der Waals surface area contributed by atoms with Crippen LogP contribution in [0.15, 0.2) is 60.7 Å². The molecule has 3 aliphatic rings. The number of hydrogen-bond donors (Lipinski definition) is 3. The van der Waals surface area contributed by atoms with E-state index in [-0.39, 0.29) is 43.7 Å². The molecule has 2 heterocycles. The zero-order valence-corrected chi connectivity index (χ0v) is 25.0. The Labute approximate surface area is 256 Å². The summed E-state index contributed by atoms with van der Waals surface area (Å²) in [4.78, 5) is 55.8. The number of aliphatic hydroxyl groups excluding tert-OH is 1. The van der Waals surface area contributed by atoms with E-state index in [1.807, 2.05) is 30.4 Å². The summed E-state index contributed by atoms with van der Waals surface area (Å²) < 4.78 is 0. The summed E-state index contributed by atoms with van der Waals surface area (Å²) in [6.45, 7) is -0.0600. The van der Waals surface area contributed by atoms with E-state index in [0.717, 1.165) is 36.8 Å². The van der Waals surface area contributed by atoms with Crippen LogP contribution in [0.3, 0.4) is 0 Å². The lowest BCUT2D eigenvalue weighted by Gasteiger charge is -2.31. The minimum absolute atomic E-state index is 0.00353. The van der Waals surface area contributed by atoms with Crippen LogP contribution in [0.25, 0.3) is 11.1 Å². The van der Waals surface area contributed by atoms with Gasteiger partial charge in [-0.15, -0.1) is 0 Å². The first kappa shape index (κ1) is 30.8. The van der Waals surface area contributed by atoms with Crippen LogP contribution in [-0.2, 0) is 14.4 Å². The Morgan fingerprint density at radius 2 is 1.81 bits per heavy atom. The Balaban J connectivity index is 1.38. The maximum Gasteiger partial charge on any atom is 0.330 e. The SMILES string of the molecule is CN(C[C@@H]1[C@H]2C(=O)N[C@]3(C(=O)O)C[C@H]3/C=C\CCCCCCC(=O)N2C[C@@H]1O)C(=O)c1cccc(-c2ccc(Cl)cc2)c1. The summed E-state index contributed by atoms with van der Waals surface area (Å²) in [5.41, 5.74) is 0.723. The van der Waals surface area contributed by atoms with Gasteiger partial charge < -0.3 is 25.3 Å². The number of carbonyl (C=O) groups excluding carboxylic acids is 3. The molecule has 2 aromatic rings. The molecular weight excluding hydrogens is 570 g/mol. The molecule has 9 nitrogen and oxygen atoms in total. The van der Waals surface area contributed by atoms with Gasteiger partial charge in [0.05, 0.1) is 6.10 Å². The van der Waals surface area contributed by atoms with Gasteiger partial charge in [-0.3, -0.25) is 14.4 Å². The molecule has 1 saturated carbocycles. The Morgan fingerprint density at radius 3 is 2.56 bits per heavy atom. The molecule has 1 saturated heterocycles. The van der Waals surface area contributed by atoms with Gasteiger partial charge in [-0.25, -0.2) is 4.79 Å². The van der Waals surface area contributed by atoms with Crippen LogP contribution >= 0.6 is 11.6 Å². The van der Waals surface area contributed by atoms with Crippen molar-refractivity contribution in [3.05, 3.63) is 71.3 Å². The number of hydrogen-bond acceptors (Lipinski definition) is 5. The Hall–Kier alpha value is -3.69. The van der Waals surface area contributed by atoms with Gasteiger partial charge in [-0.2, -0.15) is 0 Å². The van der Waals surface area contributed by atoms with E-state index in [4.69, 9.17) is 11.6 Å². The van der Waals surface area contributed by atoms with Gasteiger partial charge in [-0.1, -0.05) is 60.9 Å². The first-order valence-electron chi connectivity index (χ1n) is 14.9. The van der Waals surface area contributed by atoms with Crippen molar-refractivity contribution >= 4 is 35.3 Å². The van der Waals surface area contributed by atoms with E-state index in [9.17, 15) is 29.4 Å². The summed E-state index contributed by atoms with van der Waals surface area (Å²) in [5.74, 6) is -3.44. The van der Waals surface area contributed by atoms with E-state index in [1.165, 1.54) is 9.80 Å². The second-order valence-corrected chi connectivity index (χ2v) is 12.4. The fourth-order valence-electron chi connectivity index (χ4n) is 6.35. The third-order valence-electron chi connectivity index (χ3n) is 8.95. The molecule has 5 atom stereocenters. The predicted molar refractivity (Wildman–Crippen MR) is 162 cm³/mol. The number of nitrogens with zero attached hydrogens (tertiary/aromatic N) is 2. The lowest BCUT2D eigenvalue weighted by atomic mass is 9.95. The number of aliphatic carboxylic acids is 1. The van der Waals surface area contributed by atoms with Crippen molar-refractivity contribution in [2.45, 2.75) is 62.6 Å². The van der Waals surface area contributed by atoms with Crippen LogP contribution in [0, 0.1) is 11.8 Å². The molecular formula is C33H38ClN3O6. The molecule has 0 spiro atoms. The number of fused-ring (bicyclic) bond motifs is 2. The van der Waals surface area contributed by atoms with Crippen molar-refractivity contribution in [2.75, 3.05) is 20.1 Å². The Bertz CT molecular complexity index is 1410. The van der Waals surface area contributed by atoms with Crippen LogP contribution in [0.5, 0.6) is 0 Å². The number of carbonyl (C=O) groups is 4. The van der Waals surface area contributed by atoms with E-state index in [1.54, 1.807) is 37.4 Å². The van der Waals surface area contributed by atoms with Gasteiger partial charge >= 0.3 is 5.97 Å². The minimum Gasteiger partial charge on any atom is -0.479 e. The van der Waals surface area contributed by atoms with Gasteiger partial charge in [0, 0.05) is 49.0 Å². The molecule has 3 amide bonds. The largest absolute Gasteiger partial charge is 0.479 e. The van der Waals surface area contributed by atoms with Crippen molar-refractivity contribution in [1.29, 1.82) is 0 Å². The van der Waals surface area contributed by atoms with Gasteiger partial charge in [0.1, 0.15) is 11.6 Å². The molecule has 0 aromatic heterocycles. The number of benzene rings is 2. The normalized spacial score (nSPS) is 28.5. The molecule has 1 aliphatic carbocycles. The Kier molecular flexibility index (Phi) is 9.22. The van der Waals surface area contributed by atoms with E-state index in [2.05, 4.69) is 5.32 Å². The van der Waals surface area contributed by atoms with Gasteiger partial charge in [0.25, 0.3) is 5.91 Å². The molecule has 2 aromatic carbocycles. The molecule has 228 valence electrons. The number of carboxylic acids is 1. The smallest absolute Gasteiger partial charge is 0.330 e. The maximum atomic E-state index is 13.8. The summed E-state index contributed by atoms with van der Waals surface area (Å²) in [6.07, 6.45) is 7.52. The zero-order chi connectivity index (χ0) is 30.7. The van der Waals surface area contributed by atoms with Crippen molar-refractivity contribution in [3.63, 3.8) is 0 Å². The van der Waals surface area contributed by atoms with Crippen molar-refractivity contribution in [1.82, 2.24) is 15.1 Å². The molecule has 2 fully saturated rings. The third-order valence-corrected chi connectivity index (χ3v) is 9.20. The van der Waals surface area contributed by atoms with Crippen molar-refractivity contribution in [2.24, 2.45) is 11.8 Å². The maximum absolute atomic E-state index is 13.8. The molecule has 0 radical (unpaired) electrons. The standard InChI is InChI=1S/C33H38ClN3O6/c1-36(31(41)23-10-8-9-22(17-23)21-13-15-25(34)16-14-21)19-26-27(38)20-37-28(39)12-7-5-3-2-4-6-11-24-18-33(24,32(42)43)35-30(40)29(26)37/h6,8-11,13-17,24,26-27,29,38H,2-5,7,12,18-20H2,1H3,(H,35,40)(H,42,43)/b11-6-/t24-,26+,27+,29+,33-/m1/s1. The molecule has 0 bridgehead atoms. The van der Waals surface area contributed by atoms with E-state index < -0.39 is 35.5 Å². The monoisotopic (exact) mass is 607 g/mol. The number of aliphatic hydroxyl groups is 1. The Morgan fingerprint density at radius 1 is 1.07 bits per heavy atom. The number of carboxylic acid groups (broad SMARTS) is 1. The third kappa shape index (κ3) is 6.63. The van der Waals surface area contributed by atoms with Crippen LogP contribution in [0.4, 0.5) is 0 Å². The predicted octanol–water partition coefficient (Wildman–Crippen LogP) is 4.14. The molecule has 5 rings (SSSR count). The van der Waals surface area contributed by atoms with E-state index in [0.29, 0.717) is 17.0 Å². The fourth-order valence-corrected chi connectivity index (χ4v) is 6.48. The molecule has 10 heteroatoms. The lowest BCUT2D eigenvalue weighted by molar-refractivity contribution is -0.146. The van der Waals surface area contributed by atoms with Gasteiger partial charge in [0.15, 0.2) is 0 Å². The van der Waals surface area contributed by atoms with Crippen molar-refractivity contribution < 1.29 is 29.4 Å². The van der Waals surface area contributed by atoms with Crippen molar-refractivity contribution in [3.8, 4) is 11.1 Å². The highest BCUT2D eigenvalue weighted by molar-refractivity contribution is 6.30.